The monoisotopic (exact) mass is 223 g/mol. The molecule has 0 spiro atoms. The number of benzene rings is 1. The quantitative estimate of drug-likeness (QED) is 0.793. The Morgan fingerprint density at radius 3 is 2.56 bits per heavy atom. The maximum absolute atomic E-state index is 14.1. The van der Waals surface area contributed by atoms with Crippen molar-refractivity contribution in [2.75, 3.05) is 5.73 Å². The molecule has 2 aromatic rings. The topological polar surface area (TPSA) is 43.8 Å². The molecule has 0 bridgehead atoms. The normalized spacial score (nSPS) is 11.7. The lowest BCUT2D eigenvalue weighted by molar-refractivity contribution is 0.0308. The van der Waals surface area contributed by atoms with Crippen molar-refractivity contribution in [1.82, 2.24) is 9.55 Å². The summed E-state index contributed by atoms with van der Waals surface area (Å²) in [5.74, 6) is -3.49. The first kappa shape index (κ1) is 10.6. The maximum atomic E-state index is 14.1. The molecule has 0 saturated heterocycles. The van der Waals surface area contributed by atoms with Crippen molar-refractivity contribution in [2.45, 2.75) is 5.92 Å². The molecule has 0 saturated carbocycles. The summed E-state index contributed by atoms with van der Waals surface area (Å²) in [4.78, 5) is 3.66. The third-order valence-electron chi connectivity index (χ3n) is 2.40. The zero-order valence-corrected chi connectivity index (χ0v) is 8.69. The van der Waals surface area contributed by atoms with Gasteiger partial charge in [0.05, 0.1) is 5.56 Å². The predicted octanol–water partition coefficient (Wildman–Crippen LogP) is 2.14. The van der Waals surface area contributed by atoms with Crippen LogP contribution in [0.1, 0.15) is 11.4 Å². The number of halogens is 2. The van der Waals surface area contributed by atoms with Gasteiger partial charge >= 0.3 is 5.92 Å². The Hall–Kier alpha value is -1.91. The number of aromatic nitrogens is 2. The van der Waals surface area contributed by atoms with Crippen molar-refractivity contribution < 1.29 is 8.78 Å². The Labute approximate surface area is 91.5 Å². The van der Waals surface area contributed by atoms with Crippen molar-refractivity contribution in [1.29, 1.82) is 0 Å². The van der Waals surface area contributed by atoms with Crippen LogP contribution < -0.4 is 5.73 Å². The Kier molecular flexibility index (Phi) is 2.38. The maximum Gasteiger partial charge on any atom is 0.332 e. The summed E-state index contributed by atoms with van der Waals surface area (Å²) in [5.41, 5.74) is 5.39. The summed E-state index contributed by atoms with van der Waals surface area (Å²) in [5, 5.41) is 0. The molecule has 0 amide bonds. The number of rotatable bonds is 2. The highest BCUT2D eigenvalue weighted by atomic mass is 19.3. The average molecular weight is 223 g/mol. The van der Waals surface area contributed by atoms with Gasteiger partial charge in [-0.15, -0.1) is 0 Å². The molecule has 0 atom stereocenters. The molecule has 1 aromatic carbocycles. The number of nitrogen functional groups attached to an aromatic ring is 1. The highest BCUT2D eigenvalue weighted by Crippen LogP contribution is 2.37. The summed E-state index contributed by atoms with van der Waals surface area (Å²) in [6.07, 6.45) is 2.81. The molecule has 84 valence electrons. The molecule has 0 fully saturated rings. The van der Waals surface area contributed by atoms with Gasteiger partial charge in [-0.25, -0.2) is 4.98 Å². The molecule has 0 aliphatic rings. The molecular formula is C11H11F2N3. The Balaban J connectivity index is 2.55. The minimum atomic E-state index is -3.18. The van der Waals surface area contributed by atoms with Gasteiger partial charge in [0.1, 0.15) is 0 Å². The van der Waals surface area contributed by atoms with E-state index in [0.29, 0.717) is 0 Å². The predicted molar refractivity (Wildman–Crippen MR) is 57.1 cm³/mol. The molecule has 0 radical (unpaired) electrons. The average Bonchev–Trinajstić information content (AvgIpc) is 2.65. The van der Waals surface area contributed by atoms with Gasteiger partial charge in [0.15, 0.2) is 5.82 Å². The van der Waals surface area contributed by atoms with E-state index in [0.717, 1.165) is 0 Å². The molecule has 3 nitrogen and oxygen atoms in total. The molecule has 16 heavy (non-hydrogen) atoms. The second-order valence-electron chi connectivity index (χ2n) is 3.52. The van der Waals surface area contributed by atoms with E-state index in [-0.39, 0.29) is 17.1 Å². The van der Waals surface area contributed by atoms with E-state index in [9.17, 15) is 8.78 Å². The highest BCUT2D eigenvalue weighted by molar-refractivity contribution is 5.50. The van der Waals surface area contributed by atoms with E-state index in [1.54, 1.807) is 6.07 Å². The third-order valence-corrected chi connectivity index (χ3v) is 2.40. The second kappa shape index (κ2) is 3.59. The van der Waals surface area contributed by atoms with E-state index in [1.165, 1.54) is 42.2 Å². The van der Waals surface area contributed by atoms with Gasteiger partial charge in [-0.3, -0.25) is 0 Å². The van der Waals surface area contributed by atoms with Gasteiger partial charge in [0, 0.05) is 25.1 Å². The van der Waals surface area contributed by atoms with Crippen LogP contribution in [0.2, 0.25) is 0 Å². The molecule has 1 aromatic heterocycles. The highest BCUT2D eigenvalue weighted by Gasteiger charge is 2.39. The number of aryl methyl sites for hydroxylation is 1. The molecule has 5 heteroatoms. The van der Waals surface area contributed by atoms with Crippen LogP contribution in [0.25, 0.3) is 0 Å². The fourth-order valence-corrected chi connectivity index (χ4v) is 1.57. The smallest absolute Gasteiger partial charge is 0.332 e. The van der Waals surface area contributed by atoms with Gasteiger partial charge in [0.2, 0.25) is 0 Å². The lowest BCUT2D eigenvalue weighted by Crippen LogP contribution is -2.21. The summed E-state index contributed by atoms with van der Waals surface area (Å²) < 4.78 is 29.4. The van der Waals surface area contributed by atoms with Crippen molar-refractivity contribution >= 4 is 5.69 Å². The zero-order valence-electron chi connectivity index (χ0n) is 8.69. The van der Waals surface area contributed by atoms with E-state index >= 15 is 0 Å². The first-order chi connectivity index (χ1) is 7.53. The number of anilines is 1. The minimum absolute atomic E-state index is 0.0653. The van der Waals surface area contributed by atoms with Crippen molar-refractivity contribution in [3.63, 3.8) is 0 Å². The van der Waals surface area contributed by atoms with Crippen LogP contribution >= 0.6 is 0 Å². The Bertz CT molecular complexity index is 505. The number of para-hydroxylation sites is 1. The molecule has 0 unspecified atom stereocenters. The third kappa shape index (κ3) is 1.54. The van der Waals surface area contributed by atoms with Gasteiger partial charge in [0.25, 0.3) is 0 Å². The fraction of sp³-hybridized carbons (Fsp3) is 0.182. The largest absolute Gasteiger partial charge is 0.398 e. The van der Waals surface area contributed by atoms with Gasteiger partial charge in [-0.05, 0) is 6.07 Å². The second-order valence-corrected chi connectivity index (χ2v) is 3.52. The van der Waals surface area contributed by atoms with Gasteiger partial charge in [-0.1, -0.05) is 18.2 Å². The lowest BCUT2D eigenvalue weighted by atomic mass is 10.1. The Morgan fingerprint density at radius 1 is 1.31 bits per heavy atom. The van der Waals surface area contributed by atoms with Crippen LogP contribution in [0, 0.1) is 0 Å². The summed E-state index contributed by atoms with van der Waals surface area (Å²) in [7, 11) is 1.52. The number of imidazole rings is 1. The van der Waals surface area contributed by atoms with E-state index in [2.05, 4.69) is 4.98 Å². The molecule has 0 aliphatic heterocycles. The summed E-state index contributed by atoms with van der Waals surface area (Å²) >= 11 is 0. The minimum Gasteiger partial charge on any atom is -0.398 e. The standard InChI is InChI=1S/C11H11F2N3/c1-16-7-6-15-10(16)11(12,13)8-4-2-3-5-9(8)14/h2-7H,14H2,1H3. The molecule has 0 aliphatic carbocycles. The molecule has 2 N–H and O–H groups in total. The first-order valence-electron chi connectivity index (χ1n) is 4.74. The summed E-state index contributed by atoms with van der Waals surface area (Å²) in [6, 6.07) is 5.91. The number of alkyl halides is 2. The van der Waals surface area contributed by atoms with Crippen LogP contribution in [-0.4, -0.2) is 9.55 Å². The Morgan fingerprint density at radius 2 is 2.00 bits per heavy atom. The first-order valence-corrected chi connectivity index (χ1v) is 4.74. The van der Waals surface area contributed by atoms with Crippen LogP contribution in [-0.2, 0) is 13.0 Å². The zero-order chi connectivity index (χ0) is 11.8. The van der Waals surface area contributed by atoms with Crippen LogP contribution in [0.3, 0.4) is 0 Å². The van der Waals surface area contributed by atoms with E-state index in [1.807, 2.05) is 0 Å². The van der Waals surface area contributed by atoms with Crippen LogP contribution in [0.4, 0.5) is 14.5 Å². The van der Waals surface area contributed by atoms with Gasteiger partial charge in [-0.2, -0.15) is 8.78 Å². The molecule has 2 rings (SSSR count). The van der Waals surface area contributed by atoms with Gasteiger partial charge < -0.3 is 10.3 Å². The molecule has 1 heterocycles. The van der Waals surface area contributed by atoms with E-state index in [4.69, 9.17) is 5.73 Å². The van der Waals surface area contributed by atoms with Crippen molar-refractivity contribution in [3.8, 4) is 0 Å². The van der Waals surface area contributed by atoms with Crippen LogP contribution in [0.15, 0.2) is 36.7 Å². The fourth-order valence-electron chi connectivity index (χ4n) is 1.57. The SMILES string of the molecule is Cn1ccnc1C(F)(F)c1ccccc1N. The van der Waals surface area contributed by atoms with Crippen molar-refractivity contribution in [3.05, 3.63) is 48.0 Å². The lowest BCUT2D eigenvalue weighted by Gasteiger charge is -2.17. The van der Waals surface area contributed by atoms with Crippen LogP contribution in [0.5, 0.6) is 0 Å². The van der Waals surface area contributed by atoms with E-state index < -0.39 is 5.92 Å². The number of nitrogens with zero attached hydrogens (tertiary/aromatic N) is 2. The summed E-state index contributed by atoms with van der Waals surface area (Å²) in [6.45, 7) is 0. The molecular weight excluding hydrogens is 212 g/mol. The number of hydrogen-bond acceptors (Lipinski definition) is 2. The number of nitrogens with two attached hydrogens (primary N) is 1. The van der Waals surface area contributed by atoms with Crippen molar-refractivity contribution in [2.24, 2.45) is 7.05 Å². The number of hydrogen-bond donors (Lipinski definition) is 1.